The molecular formula is C11H14N3O2+. The van der Waals surface area contributed by atoms with Crippen LogP contribution in [0, 0.1) is 5.92 Å². The average Bonchev–Trinajstić information content (AvgIpc) is 2.30. The van der Waals surface area contributed by atoms with Crippen molar-refractivity contribution in [1.29, 1.82) is 0 Å². The second-order valence-corrected chi connectivity index (χ2v) is 3.68. The number of aromatic nitrogens is 2. The van der Waals surface area contributed by atoms with Crippen molar-refractivity contribution in [2.75, 3.05) is 11.4 Å². The van der Waals surface area contributed by atoms with Crippen molar-refractivity contribution in [1.82, 2.24) is 5.10 Å². The van der Waals surface area contributed by atoms with E-state index < -0.39 is 5.92 Å². The van der Waals surface area contributed by atoms with Crippen molar-refractivity contribution in [3.63, 3.8) is 0 Å². The highest BCUT2D eigenvalue weighted by Gasteiger charge is 2.45. The summed E-state index contributed by atoms with van der Waals surface area (Å²) in [4.78, 5) is 25.6. The standard InChI is InChI=1S/C11H14N3O2/c1-3-8-10(15)13(4-2)9-6-5-7-12-14(9)11(8)16/h5-8H,3-4H2,1-2H3/q+1. The molecule has 0 fully saturated rings. The first-order valence-electron chi connectivity index (χ1n) is 5.43. The Hall–Kier alpha value is -1.78. The largest absolute Gasteiger partial charge is 0.349 e. The third kappa shape index (κ3) is 1.39. The van der Waals surface area contributed by atoms with Crippen molar-refractivity contribution in [2.24, 2.45) is 5.92 Å². The summed E-state index contributed by atoms with van der Waals surface area (Å²) in [6, 6.07) is 3.46. The zero-order chi connectivity index (χ0) is 11.7. The number of fused-ring (bicyclic) bond motifs is 1. The van der Waals surface area contributed by atoms with Gasteiger partial charge in [-0.2, -0.15) is 4.90 Å². The molecule has 1 unspecified atom stereocenters. The maximum Gasteiger partial charge on any atom is 0.349 e. The van der Waals surface area contributed by atoms with Gasteiger partial charge < -0.3 is 0 Å². The highest BCUT2D eigenvalue weighted by Crippen LogP contribution is 2.19. The number of hydrogen-bond acceptors (Lipinski definition) is 3. The lowest BCUT2D eigenvalue weighted by molar-refractivity contribution is -0.629. The Morgan fingerprint density at radius 1 is 1.44 bits per heavy atom. The Morgan fingerprint density at radius 2 is 2.19 bits per heavy atom. The highest BCUT2D eigenvalue weighted by atomic mass is 16.2. The third-order valence-corrected chi connectivity index (χ3v) is 2.80. The van der Waals surface area contributed by atoms with E-state index in [0.29, 0.717) is 18.8 Å². The van der Waals surface area contributed by atoms with Gasteiger partial charge in [0.15, 0.2) is 5.92 Å². The zero-order valence-electron chi connectivity index (χ0n) is 9.38. The van der Waals surface area contributed by atoms with Gasteiger partial charge in [0, 0.05) is 6.07 Å². The molecule has 1 aliphatic heterocycles. The Kier molecular flexibility index (Phi) is 2.68. The molecule has 1 aliphatic rings. The molecule has 0 spiro atoms. The van der Waals surface area contributed by atoms with Crippen molar-refractivity contribution in [3.8, 4) is 0 Å². The fourth-order valence-corrected chi connectivity index (χ4v) is 1.96. The van der Waals surface area contributed by atoms with Crippen LogP contribution in [0.1, 0.15) is 25.1 Å². The predicted octanol–water partition coefficient (Wildman–Crippen LogP) is 0.402. The molecule has 0 bridgehead atoms. The molecule has 1 atom stereocenters. The van der Waals surface area contributed by atoms with Gasteiger partial charge in [-0.25, -0.2) is 9.59 Å². The molecular weight excluding hydrogens is 206 g/mol. The van der Waals surface area contributed by atoms with Crippen LogP contribution >= 0.6 is 0 Å². The summed E-state index contributed by atoms with van der Waals surface area (Å²) in [6.07, 6.45) is 2.06. The molecule has 1 amide bonds. The van der Waals surface area contributed by atoms with E-state index in [-0.39, 0.29) is 11.8 Å². The van der Waals surface area contributed by atoms with Gasteiger partial charge in [0.1, 0.15) is 0 Å². The smallest absolute Gasteiger partial charge is 0.246 e. The van der Waals surface area contributed by atoms with Crippen LogP contribution in [0.2, 0.25) is 0 Å². The van der Waals surface area contributed by atoms with E-state index in [1.165, 1.54) is 4.68 Å². The van der Waals surface area contributed by atoms with Gasteiger partial charge in [-0.15, -0.1) is 0 Å². The minimum Gasteiger partial charge on any atom is -0.246 e. The van der Waals surface area contributed by atoms with Crippen LogP contribution in [0.3, 0.4) is 0 Å². The van der Waals surface area contributed by atoms with Gasteiger partial charge in [0.05, 0.1) is 12.7 Å². The quantitative estimate of drug-likeness (QED) is 0.535. The number of amides is 1. The lowest BCUT2D eigenvalue weighted by Crippen LogP contribution is -2.62. The van der Waals surface area contributed by atoms with Gasteiger partial charge in [-0.3, -0.25) is 0 Å². The summed E-state index contributed by atoms with van der Waals surface area (Å²) >= 11 is 0. The van der Waals surface area contributed by atoms with E-state index in [9.17, 15) is 9.59 Å². The monoisotopic (exact) mass is 220 g/mol. The minimum atomic E-state index is -0.590. The Morgan fingerprint density at radius 3 is 2.81 bits per heavy atom. The summed E-state index contributed by atoms with van der Waals surface area (Å²) in [5.74, 6) is -0.382. The number of carbonyl (C=O) groups excluding carboxylic acids is 2. The first-order chi connectivity index (χ1) is 7.70. The van der Waals surface area contributed by atoms with Crippen LogP contribution in [0.15, 0.2) is 18.3 Å². The van der Waals surface area contributed by atoms with Crippen molar-refractivity contribution < 1.29 is 14.3 Å². The zero-order valence-corrected chi connectivity index (χ0v) is 9.38. The molecule has 2 rings (SSSR count). The molecule has 2 heterocycles. The summed E-state index contributed by atoms with van der Waals surface area (Å²) < 4.78 is 1.32. The molecule has 1 aromatic heterocycles. The lowest BCUT2D eigenvalue weighted by Gasteiger charge is -2.22. The molecule has 1 aromatic rings. The molecule has 84 valence electrons. The first-order valence-corrected chi connectivity index (χ1v) is 5.43. The van der Waals surface area contributed by atoms with Gasteiger partial charge >= 0.3 is 17.6 Å². The van der Waals surface area contributed by atoms with E-state index in [0.717, 1.165) is 0 Å². The number of anilines is 1. The second-order valence-electron chi connectivity index (χ2n) is 3.68. The lowest BCUT2D eigenvalue weighted by atomic mass is 10.0. The highest BCUT2D eigenvalue weighted by molar-refractivity contribution is 6.07. The van der Waals surface area contributed by atoms with Crippen LogP contribution in [-0.2, 0) is 4.79 Å². The fourth-order valence-electron chi connectivity index (χ4n) is 1.96. The summed E-state index contributed by atoms with van der Waals surface area (Å²) in [6.45, 7) is 4.27. The van der Waals surface area contributed by atoms with Crippen LogP contribution in [-0.4, -0.2) is 23.5 Å². The van der Waals surface area contributed by atoms with Crippen LogP contribution < -0.4 is 9.58 Å². The van der Waals surface area contributed by atoms with Crippen molar-refractivity contribution in [2.45, 2.75) is 20.3 Å². The van der Waals surface area contributed by atoms with Gasteiger partial charge in [-0.05, 0) is 19.4 Å². The van der Waals surface area contributed by atoms with E-state index in [4.69, 9.17) is 0 Å². The number of rotatable bonds is 2. The predicted molar refractivity (Wildman–Crippen MR) is 56.9 cm³/mol. The molecule has 0 radical (unpaired) electrons. The first kappa shape index (κ1) is 10.7. The molecule has 5 heteroatoms. The Balaban J connectivity index is 2.56. The third-order valence-electron chi connectivity index (χ3n) is 2.80. The SMILES string of the molecule is CCC1C(=O)N(CC)c2cccn[n+]2C1=O. The van der Waals surface area contributed by atoms with E-state index in [1.807, 2.05) is 13.8 Å². The number of hydrogen-bond donors (Lipinski definition) is 0. The molecule has 0 saturated carbocycles. The van der Waals surface area contributed by atoms with E-state index in [1.54, 1.807) is 23.2 Å². The summed E-state index contributed by atoms with van der Waals surface area (Å²) in [5.41, 5.74) is 0. The summed E-state index contributed by atoms with van der Waals surface area (Å²) in [5, 5.41) is 4.00. The Labute approximate surface area is 93.7 Å². The maximum atomic E-state index is 12.0. The number of nitrogens with zero attached hydrogens (tertiary/aromatic N) is 3. The van der Waals surface area contributed by atoms with Gasteiger partial charge in [0.2, 0.25) is 0 Å². The second kappa shape index (κ2) is 4.00. The van der Waals surface area contributed by atoms with Crippen LogP contribution in [0.4, 0.5) is 5.82 Å². The van der Waals surface area contributed by atoms with Gasteiger partial charge in [-0.1, -0.05) is 16.7 Å². The number of carbonyl (C=O) groups is 2. The van der Waals surface area contributed by atoms with Crippen molar-refractivity contribution in [3.05, 3.63) is 18.3 Å². The molecule has 5 nitrogen and oxygen atoms in total. The maximum absolute atomic E-state index is 12.0. The Bertz CT molecular complexity index is 445. The van der Waals surface area contributed by atoms with E-state index >= 15 is 0 Å². The van der Waals surface area contributed by atoms with Crippen LogP contribution in [0.5, 0.6) is 0 Å². The minimum absolute atomic E-state index is 0.122. The molecule has 16 heavy (non-hydrogen) atoms. The van der Waals surface area contributed by atoms with Crippen LogP contribution in [0.25, 0.3) is 0 Å². The van der Waals surface area contributed by atoms with Crippen molar-refractivity contribution >= 4 is 17.6 Å². The van der Waals surface area contributed by atoms with Gasteiger partial charge in [0.25, 0.3) is 0 Å². The molecule has 0 aliphatic carbocycles. The molecule has 0 saturated heterocycles. The summed E-state index contributed by atoms with van der Waals surface area (Å²) in [7, 11) is 0. The average molecular weight is 220 g/mol. The fraction of sp³-hybridized carbons (Fsp3) is 0.455. The molecule has 0 N–H and O–H groups in total. The normalized spacial score (nSPS) is 19.9. The molecule has 0 aromatic carbocycles. The topological polar surface area (TPSA) is 54.2 Å². The van der Waals surface area contributed by atoms with E-state index in [2.05, 4.69) is 5.10 Å².